The van der Waals surface area contributed by atoms with Crippen LogP contribution in [0.25, 0.3) is 0 Å². The highest BCUT2D eigenvalue weighted by atomic mass is 35.5. The topological polar surface area (TPSA) is 26.3 Å². The average molecular weight is 260 g/mol. The van der Waals surface area contributed by atoms with Crippen molar-refractivity contribution in [2.45, 2.75) is 0 Å². The highest BCUT2D eigenvalue weighted by molar-refractivity contribution is 6.49. The fourth-order valence-electron chi connectivity index (χ4n) is 0.725. The maximum Gasteiger partial charge on any atom is 0.357 e. The molecule has 6 heteroatoms. The number of hydrogen-bond donors (Lipinski definition) is 0. The van der Waals surface area contributed by atoms with Gasteiger partial charge in [-0.05, 0) is 12.1 Å². The SMILES string of the molecule is O=C(OCl)c1ccc(Cl)c(Cl)c1Cl. The maximum absolute atomic E-state index is 11.0. The highest BCUT2D eigenvalue weighted by Gasteiger charge is 2.15. The van der Waals surface area contributed by atoms with Crippen LogP contribution in [0.5, 0.6) is 0 Å². The third-order valence-corrected chi connectivity index (χ3v) is 2.76. The summed E-state index contributed by atoms with van der Waals surface area (Å²) >= 11 is 21.9. The molecule has 1 aromatic rings. The van der Waals surface area contributed by atoms with Crippen LogP contribution in [-0.2, 0) is 4.29 Å². The van der Waals surface area contributed by atoms with Crippen LogP contribution in [-0.4, -0.2) is 5.97 Å². The zero-order valence-corrected chi connectivity index (χ0v) is 9.01. The molecule has 2 nitrogen and oxygen atoms in total. The van der Waals surface area contributed by atoms with E-state index >= 15 is 0 Å². The van der Waals surface area contributed by atoms with Gasteiger partial charge < -0.3 is 4.29 Å². The van der Waals surface area contributed by atoms with Gasteiger partial charge >= 0.3 is 5.97 Å². The minimum Gasteiger partial charge on any atom is -0.343 e. The molecule has 0 aliphatic heterocycles. The molecule has 0 heterocycles. The van der Waals surface area contributed by atoms with Gasteiger partial charge in [-0.25, -0.2) is 4.79 Å². The molecular formula is C7H2Cl4O2. The summed E-state index contributed by atoms with van der Waals surface area (Å²) in [5.41, 5.74) is 0.0751. The first-order chi connectivity index (χ1) is 6.07. The largest absolute Gasteiger partial charge is 0.357 e. The Bertz CT molecular complexity index is 351. The number of carbonyl (C=O) groups excluding carboxylic acids is 1. The van der Waals surface area contributed by atoms with Crippen molar-refractivity contribution in [3.8, 4) is 0 Å². The van der Waals surface area contributed by atoms with Crippen LogP contribution in [0.15, 0.2) is 12.1 Å². The number of benzene rings is 1. The van der Waals surface area contributed by atoms with Gasteiger partial charge in [0.25, 0.3) is 0 Å². The quantitative estimate of drug-likeness (QED) is 0.714. The van der Waals surface area contributed by atoms with Gasteiger partial charge in [-0.3, -0.25) is 0 Å². The van der Waals surface area contributed by atoms with Crippen molar-refractivity contribution in [2.24, 2.45) is 0 Å². The second kappa shape index (κ2) is 4.38. The summed E-state index contributed by atoms with van der Waals surface area (Å²) in [5.74, 6) is -0.773. The lowest BCUT2D eigenvalue weighted by molar-refractivity contribution is 0.0751. The molecule has 0 radical (unpaired) electrons. The van der Waals surface area contributed by atoms with Crippen LogP contribution < -0.4 is 0 Å². The zero-order valence-electron chi connectivity index (χ0n) is 5.98. The van der Waals surface area contributed by atoms with Gasteiger partial charge in [0.15, 0.2) is 0 Å². The summed E-state index contributed by atoms with van der Waals surface area (Å²) in [7, 11) is 0. The molecule has 0 fully saturated rings. The molecular weight excluding hydrogens is 258 g/mol. The lowest BCUT2D eigenvalue weighted by Crippen LogP contribution is -1.99. The molecule has 0 atom stereocenters. The monoisotopic (exact) mass is 258 g/mol. The van der Waals surface area contributed by atoms with E-state index in [2.05, 4.69) is 4.29 Å². The fourth-order valence-corrected chi connectivity index (χ4v) is 1.42. The molecule has 0 aromatic heterocycles. The van der Waals surface area contributed by atoms with E-state index in [9.17, 15) is 4.79 Å². The van der Waals surface area contributed by atoms with E-state index in [0.29, 0.717) is 0 Å². The molecule has 0 amide bonds. The van der Waals surface area contributed by atoms with E-state index in [0.717, 1.165) is 0 Å². The van der Waals surface area contributed by atoms with Crippen molar-refractivity contribution < 1.29 is 9.08 Å². The van der Waals surface area contributed by atoms with E-state index in [1.807, 2.05) is 0 Å². The molecule has 0 saturated carbocycles. The Kier molecular flexibility index (Phi) is 3.68. The summed E-state index contributed by atoms with van der Waals surface area (Å²) in [6, 6.07) is 2.81. The van der Waals surface area contributed by atoms with Crippen molar-refractivity contribution in [2.75, 3.05) is 0 Å². The maximum atomic E-state index is 11.0. The van der Waals surface area contributed by atoms with E-state index in [1.54, 1.807) is 0 Å². The summed E-state index contributed by atoms with van der Waals surface area (Å²) in [6.45, 7) is 0. The van der Waals surface area contributed by atoms with Gasteiger partial charge in [-0.1, -0.05) is 34.8 Å². The third-order valence-electron chi connectivity index (χ3n) is 1.33. The first-order valence-corrected chi connectivity index (χ1v) is 4.48. The Hall–Kier alpha value is -0.150. The molecule has 1 aromatic carbocycles. The molecule has 0 unspecified atom stereocenters. The molecule has 1 rings (SSSR count). The highest BCUT2D eigenvalue weighted by Crippen LogP contribution is 2.32. The lowest BCUT2D eigenvalue weighted by Gasteiger charge is -2.02. The average Bonchev–Trinajstić information content (AvgIpc) is 2.13. The van der Waals surface area contributed by atoms with Crippen LogP contribution in [0.2, 0.25) is 15.1 Å². The van der Waals surface area contributed by atoms with Crippen LogP contribution >= 0.6 is 46.7 Å². The van der Waals surface area contributed by atoms with Gasteiger partial charge in [0, 0.05) is 0 Å². The van der Waals surface area contributed by atoms with Crippen LogP contribution in [0.1, 0.15) is 10.4 Å². The molecule has 70 valence electrons. The van der Waals surface area contributed by atoms with Crippen molar-refractivity contribution in [1.82, 2.24) is 0 Å². The standard InChI is InChI=1S/C7H2Cl4O2/c8-4-2-1-3(7(12)13-11)5(9)6(4)10/h1-2H. The second-order valence-corrected chi connectivity index (χ2v) is 3.40. The molecule has 0 spiro atoms. The Morgan fingerprint density at radius 1 is 1.15 bits per heavy atom. The van der Waals surface area contributed by atoms with E-state index in [-0.39, 0.29) is 20.6 Å². The van der Waals surface area contributed by atoms with E-state index in [1.165, 1.54) is 12.1 Å². The number of carbonyl (C=O) groups is 1. The Morgan fingerprint density at radius 2 is 1.77 bits per heavy atom. The Balaban J connectivity index is 3.26. The first-order valence-electron chi connectivity index (χ1n) is 3.04. The van der Waals surface area contributed by atoms with E-state index < -0.39 is 5.97 Å². The summed E-state index contributed by atoms with van der Waals surface area (Å²) in [5, 5.41) is 0.389. The minimum absolute atomic E-state index is 0.0276. The van der Waals surface area contributed by atoms with Gasteiger partial charge in [0.1, 0.15) is 11.9 Å². The Labute approximate surface area is 94.5 Å². The molecule has 0 saturated heterocycles. The van der Waals surface area contributed by atoms with E-state index in [4.69, 9.17) is 46.7 Å². The summed E-state index contributed by atoms with van der Waals surface area (Å²) < 4.78 is 3.96. The lowest BCUT2D eigenvalue weighted by atomic mass is 10.2. The number of hydrogen-bond acceptors (Lipinski definition) is 2. The molecule has 0 aliphatic rings. The minimum atomic E-state index is -0.773. The predicted octanol–water partition coefficient (Wildman–Crippen LogP) is 3.96. The van der Waals surface area contributed by atoms with Crippen molar-refractivity contribution in [3.05, 3.63) is 32.8 Å². The molecule has 0 N–H and O–H groups in total. The normalized spacial score (nSPS) is 9.85. The van der Waals surface area contributed by atoms with Crippen molar-refractivity contribution in [1.29, 1.82) is 0 Å². The van der Waals surface area contributed by atoms with Gasteiger partial charge in [-0.15, -0.1) is 0 Å². The zero-order chi connectivity index (χ0) is 10.0. The van der Waals surface area contributed by atoms with Gasteiger partial charge in [0.2, 0.25) is 0 Å². The molecule has 13 heavy (non-hydrogen) atoms. The van der Waals surface area contributed by atoms with Crippen LogP contribution in [0, 0.1) is 0 Å². The molecule has 0 aliphatic carbocycles. The fraction of sp³-hybridized carbons (Fsp3) is 0. The number of halogens is 4. The van der Waals surface area contributed by atoms with Crippen LogP contribution in [0.4, 0.5) is 0 Å². The van der Waals surface area contributed by atoms with Gasteiger partial charge in [-0.2, -0.15) is 0 Å². The van der Waals surface area contributed by atoms with Crippen LogP contribution in [0.3, 0.4) is 0 Å². The van der Waals surface area contributed by atoms with Gasteiger partial charge in [0.05, 0.1) is 20.6 Å². The smallest absolute Gasteiger partial charge is 0.343 e. The number of rotatable bonds is 1. The molecule has 0 bridgehead atoms. The Morgan fingerprint density at radius 3 is 2.31 bits per heavy atom. The second-order valence-electron chi connectivity index (χ2n) is 2.09. The van der Waals surface area contributed by atoms with Crippen molar-refractivity contribution in [3.63, 3.8) is 0 Å². The first kappa shape index (κ1) is 10.9. The van der Waals surface area contributed by atoms with Crippen molar-refractivity contribution >= 4 is 52.6 Å². The summed E-state index contributed by atoms with van der Waals surface area (Å²) in [6.07, 6.45) is 0. The third kappa shape index (κ3) is 2.20. The summed E-state index contributed by atoms with van der Waals surface area (Å²) in [4.78, 5) is 11.0. The predicted molar refractivity (Wildman–Crippen MR) is 52.7 cm³/mol.